The van der Waals surface area contributed by atoms with Crippen molar-refractivity contribution in [3.63, 3.8) is 0 Å². The van der Waals surface area contributed by atoms with Crippen molar-refractivity contribution in [3.8, 4) is 0 Å². The molecule has 132 valence electrons. The quantitative estimate of drug-likeness (QED) is 0.694. The molecule has 0 aliphatic carbocycles. The first-order valence-electron chi connectivity index (χ1n) is 7.64. The Kier molecular flexibility index (Phi) is 7.62. The number of hydrogen-bond acceptors (Lipinski definition) is 3. The molecule has 2 rings (SSSR count). The van der Waals surface area contributed by atoms with Gasteiger partial charge in [0.1, 0.15) is 0 Å². The van der Waals surface area contributed by atoms with E-state index in [4.69, 9.17) is 23.2 Å². The van der Waals surface area contributed by atoms with Crippen molar-refractivity contribution in [2.45, 2.75) is 5.75 Å². The fourth-order valence-electron chi connectivity index (χ4n) is 2.18. The number of rotatable bonds is 7. The number of halogens is 2. The largest absolute Gasteiger partial charge is 0.355 e. The second-order valence-electron chi connectivity index (χ2n) is 5.18. The zero-order valence-electron chi connectivity index (χ0n) is 13.6. The first-order valence-corrected chi connectivity index (χ1v) is 9.55. The molecule has 25 heavy (non-hydrogen) atoms. The van der Waals surface area contributed by atoms with Crippen LogP contribution < -0.4 is 10.6 Å². The van der Waals surface area contributed by atoms with Gasteiger partial charge in [0.05, 0.1) is 15.6 Å². The van der Waals surface area contributed by atoms with Crippen molar-refractivity contribution in [1.82, 2.24) is 10.6 Å². The summed E-state index contributed by atoms with van der Waals surface area (Å²) in [4.78, 5) is 23.8. The van der Waals surface area contributed by atoms with Gasteiger partial charge in [-0.25, -0.2) is 0 Å². The van der Waals surface area contributed by atoms with Crippen molar-refractivity contribution in [3.05, 3.63) is 69.2 Å². The van der Waals surface area contributed by atoms with Gasteiger partial charge in [-0.2, -0.15) is 11.8 Å². The minimum atomic E-state index is -0.280. The van der Waals surface area contributed by atoms with Gasteiger partial charge in [-0.3, -0.25) is 9.59 Å². The van der Waals surface area contributed by atoms with Gasteiger partial charge >= 0.3 is 0 Å². The number of carbonyl (C=O) groups is 2. The Morgan fingerprint density at radius 2 is 1.72 bits per heavy atom. The molecule has 2 amide bonds. The first kappa shape index (κ1) is 19.6. The molecule has 0 bridgehead atoms. The third-order valence-corrected chi connectivity index (χ3v) is 5.07. The van der Waals surface area contributed by atoms with Crippen molar-refractivity contribution < 1.29 is 9.59 Å². The molecule has 2 aromatic carbocycles. The molecule has 7 heteroatoms. The SMILES string of the molecule is CNC(=O)c1cccc(CSCCNC(=O)c2c(Cl)cccc2Cl)c1. The van der Waals surface area contributed by atoms with E-state index in [2.05, 4.69) is 10.6 Å². The average Bonchev–Trinajstić information content (AvgIpc) is 2.61. The Balaban J connectivity index is 1.78. The van der Waals surface area contributed by atoms with Crippen LogP contribution in [0.15, 0.2) is 42.5 Å². The standard InChI is InChI=1S/C18H18Cl2N2O2S/c1-21-17(23)13-5-2-4-12(10-13)11-25-9-8-22-18(24)16-14(19)6-3-7-15(16)20/h2-7,10H,8-9,11H2,1H3,(H,21,23)(H,22,24). The molecule has 2 aromatic rings. The van der Waals surface area contributed by atoms with E-state index < -0.39 is 0 Å². The molecule has 0 radical (unpaired) electrons. The lowest BCUT2D eigenvalue weighted by molar-refractivity contribution is 0.0951. The summed E-state index contributed by atoms with van der Waals surface area (Å²) < 4.78 is 0. The fraction of sp³-hybridized carbons (Fsp3) is 0.222. The van der Waals surface area contributed by atoms with E-state index >= 15 is 0 Å². The normalized spacial score (nSPS) is 10.4. The number of hydrogen-bond donors (Lipinski definition) is 2. The molecule has 4 nitrogen and oxygen atoms in total. The molecule has 0 atom stereocenters. The summed E-state index contributed by atoms with van der Waals surface area (Å²) in [7, 11) is 1.61. The van der Waals surface area contributed by atoms with Gasteiger partial charge in [0, 0.05) is 30.7 Å². The van der Waals surface area contributed by atoms with Crippen LogP contribution in [0.2, 0.25) is 10.0 Å². The van der Waals surface area contributed by atoms with Crippen LogP contribution in [0.4, 0.5) is 0 Å². The second-order valence-corrected chi connectivity index (χ2v) is 7.10. The lowest BCUT2D eigenvalue weighted by Crippen LogP contribution is -2.26. The summed E-state index contributed by atoms with van der Waals surface area (Å²) >= 11 is 13.7. The van der Waals surface area contributed by atoms with Gasteiger partial charge in [0.15, 0.2) is 0 Å². The first-order chi connectivity index (χ1) is 12.0. The highest BCUT2D eigenvalue weighted by atomic mass is 35.5. The average molecular weight is 397 g/mol. The third kappa shape index (κ3) is 5.66. The highest BCUT2D eigenvalue weighted by molar-refractivity contribution is 7.98. The lowest BCUT2D eigenvalue weighted by Gasteiger charge is -2.08. The maximum Gasteiger partial charge on any atom is 0.254 e. The van der Waals surface area contributed by atoms with Crippen molar-refractivity contribution in [1.29, 1.82) is 0 Å². The van der Waals surface area contributed by atoms with Gasteiger partial charge in [0.25, 0.3) is 11.8 Å². The van der Waals surface area contributed by atoms with E-state index in [0.717, 1.165) is 17.1 Å². The maximum atomic E-state index is 12.1. The molecule has 0 aliphatic heterocycles. The van der Waals surface area contributed by atoms with Crippen LogP contribution in [0.3, 0.4) is 0 Å². The van der Waals surface area contributed by atoms with E-state index in [1.54, 1.807) is 43.1 Å². The molecule has 0 fully saturated rings. The van der Waals surface area contributed by atoms with E-state index in [-0.39, 0.29) is 11.8 Å². The summed E-state index contributed by atoms with van der Waals surface area (Å²) in [6.07, 6.45) is 0. The molecule has 0 aliphatic rings. The summed E-state index contributed by atoms with van der Waals surface area (Å²) in [6, 6.07) is 12.5. The number of carbonyl (C=O) groups excluding carboxylic acids is 2. The minimum Gasteiger partial charge on any atom is -0.355 e. The molecule has 2 N–H and O–H groups in total. The van der Waals surface area contributed by atoms with Gasteiger partial charge in [-0.15, -0.1) is 0 Å². The second kappa shape index (κ2) is 9.70. The Labute approximate surface area is 161 Å². The molecule has 0 saturated carbocycles. The smallest absolute Gasteiger partial charge is 0.254 e. The number of nitrogens with one attached hydrogen (secondary N) is 2. The van der Waals surface area contributed by atoms with Crippen molar-refractivity contribution in [2.24, 2.45) is 0 Å². The van der Waals surface area contributed by atoms with Crippen LogP contribution in [-0.4, -0.2) is 31.2 Å². The molecule has 0 heterocycles. The Bertz CT molecular complexity index is 748. The van der Waals surface area contributed by atoms with Crippen molar-refractivity contribution >= 4 is 46.8 Å². The summed E-state index contributed by atoms with van der Waals surface area (Å²) in [6.45, 7) is 0.500. The molecule has 0 aromatic heterocycles. The van der Waals surface area contributed by atoms with Crippen LogP contribution in [0.5, 0.6) is 0 Å². The van der Waals surface area contributed by atoms with E-state index in [1.165, 1.54) is 0 Å². The van der Waals surface area contributed by atoms with Gasteiger partial charge in [0.2, 0.25) is 0 Å². The predicted octanol–water partition coefficient (Wildman–Crippen LogP) is 4.02. The van der Waals surface area contributed by atoms with Gasteiger partial charge in [-0.05, 0) is 29.8 Å². The Morgan fingerprint density at radius 1 is 1.04 bits per heavy atom. The van der Waals surface area contributed by atoms with E-state index in [1.807, 2.05) is 18.2 Å². The van der Waals surface area contributed by atoms with Gasteiger partial charge in [-0.1, -0.05) is 41.4 Å². The predicted molar refractivity (Wildman–Crippen MR) is 105 cm³/mol. The van der Waals surface area contributed by atoms with E-state index in [0.29, 0.717) is 27.7 Å². The Hall–Kier alpha value is -1.69. The molecule has 0 saturated heterocycles. The maximum absolute atomic E-state index is 12.1. The Morgan fingerprint density at radius 3 is 2.40 bits per heavy atom. The highest BCUT2D eigenvalue weighted by Crippen LogP contribution is 2.24. The molecular formula is C18H18Cl2N2O2S. The number of benzene rings is 2. The van der Waals surface area contributed by atoms with Gasteiger partial charge < -0.3 is 10.6 Å². The summed E-state index contributed by atoms with van der Waals surface area (Å²) in [5, 5.41) is 6.09. The van der Waals surface area contributed by atoms with Crippen LogP contribution in [0.25, 0.3) is 0 Å². The van der Waals surface area contributed by atoms with Crippen LogP contribution in [-0.2, 0) is 5.75 Å². The topological polar surface area (TPSA) is 58.2 Å². The monoisotopic (exact) mass is 396 g/mol. The molecular weight excluding hydrogens is 379 g/mol. The van der Waals surface area contributed by atoms with Crippen molar-refractivity contribution in [2.75, 3.05) is 19.3 Å². The minimum absolute atomic E-state index is 0.101. The molecule has 0 unspecified atom stereocenters. The van der Waals surface area contributed by atoms with E-state index in [9.17, 15) is 9.59 Å². The fourth-order valence-corrected chi connectivity index (χ4v) is 3.55. The van der Waals surface area contributed by atoms with Crippen LogP contribution >= 0.6 is 35.0 Å². The number of amides is 2. The zero-order chi connectivity index (χ0) is 18.2. The number of thioether (sulfide) groups is 1. The lowest BCUT2D eigenvalue weighted by atomic mass is 10.1. The van der Waals surface area contributed by atoms with Crippen LogP contribution in [0.1, 0.15) is 26.3 Å². The summed E-state index contributed by atoms with van der Waals surface area (Å²) in [5.74, 6) is 1.11. The zero-order valence-corrected chi connectivity index (χ0v) is 16.0. The van der Waals surface area contributed by atoms with Crippen LogP contribution in [0, 0.1) is 0 Å². The summed E-state index contributed by atoms with van der Waals surface area (Å²) in [5.41, 5.74) is 2.00. The molecule has 0 spiro atoms. The third-order valence-electron chi connectivity index (χ3n) is 3.41. The highest BCUT2D eigenvalue weighted by Gasteiger charge is 2.13.